The lowest BCUT2D eigenvalue weighted by atomic mass is 9.74. The first-order chi connectivity index (χ1) is 33.3. The molecule has 6 N–H and O–H groups in total. The van der Waals surface area contributed by atoms with Crippen LogP contribution in [0, 0.1) is 0 Å². The SMILES string of the molecule is CC1(C)C2=C3C=C4C5=[N+](CCC4OC3CCN2c2ccc(CC(=O)NCCCCOc3ccc(Cc4cc([C@@H]6O[C@H](CO)[C@@H](O)[C@H](O)[C@H]6O)ccc4Cl)cc3)cc21)c1ccc(S(=O)(=O)O)cc1C5(C)C. The maximum Gasteiger partial charge on any atom is 0.294 e. The van der Waals surface area contributed by atoms with Crippen LogP contribution in [0.3, 0.4) is 0 Å². The van der Waals surface area contributed by atoms with E-state index in [0.717, 1.165) is 89.4 Å². The van der Waals surface area contributed by atoms with Crippen LogP contribution in [0.25, 0.3) is 0 Å². The van der Waals surface area contributed by atoms with Crippen LogP contribution in [0.5, 0.6) is 5.75 Å². The normalized spacial score (nSPS) is 26.1. The second kappa shape index (κ2) is 18.6. The van der Waals surface area contributed by atoms with Crippen molar-refractivity contribution in [2.75, 3.05) is 37.7 Å². The highest BCUT2D eigenvalue weighted by Crippen LogP contribution is 2.54. The molecule has 0 saturated carbocycles. The third-order valence-electron chi connectivity index (χ3n) is 15.2. The molecule has 6 aliphatic rings. The molecule has 0 radical (unpaired) electrons. The fourth-order valence-electron chi connectivity index (χ4n) is 11.7. The monoisotopic (exact) mass is 994 g/mol. The van der Waals surface area contributed by atoms with E-state index in [1.807, 2.05) is 30.3 Å². The molecule has 370 valence electrons. The minimum Gasteiger partial charge on any atom is -0.494 e. The Morgan fingerprint density at radius 1 is 0.871 bits per heavy atom. The molecule has 0 aromatic heterocycles. The zero-order valence-corrected chi connectivity index (χ0v) is 41.3. The first-order valence-electron chi connectivity index (χ1n) is 24.2. The molecule has 0 aliphatic carbocycles. The van der Waals surface area contributed by atoms with Crippen molar-refractivity contribution in [1.82, 2.24) is 5.32 Å². The summed E-state index contributed by atoms with van der Waals surface area (Å²) in [5.41, 5.74) is 11.2. The topological polar surface area (TPSA) is 198 Å². The van der Waals surface area contributed by atoms with Crippen LogP contribution in [0.2, 0.25) is 5.02 Å². The number of unbranched alkanes of at least 4 members (excludes halogenated alkanes) is 1. The molecule has 1 amide bonds. The lowest BCUT2D eigenvalue weighted by Gasteiger charge is -2.42. The molecule has 14 nitrogen and oxygen atoms in total. The maximum atomic E-state index is 13.3. The summed E-state index contributed by atoms with van der Waals surface area (Å²) in [5.74, 6) is 0.682. The Morgan fingerprint density at radius 2 is 1.64 bits per heavy atom. The van der Waals surface area contributed by atoms with Gasteiger partial charge in [0.25, 0.3) is 10.1 Å². The number of hydrogen-bond acceptors (Lipinski definition) is 11. The van der Waals surface area contributed by atoms with E-state index in [1.54, 1.807) is 24.3 Å². The largest absolute Gasteiger partial charge is 0.494 e. The average Bonchev–Trinajstić information content (AvgIpc) is 3.71. The summed E-state index contributed by atoms with van der Waals surface area (Å²) >= 11 is 6.55. The van der Waals surface area contributed by atoms with Crippen molar-refractivity contribution in [2.45, 2.75) is 125 Å². The Balaban J connectivity index is 0.734. The summed E-state index contributed by atoms with van der Waals surface area (Å²) in [6.07, 6.45) is -0.0977. The van der Waals surface area contributed by atoms with Gasteiger partial charge in [0.05, 0.1) is 42.2 Å². The zero-order chi connectivity index (χ0) is 49.4. The number of halogens is 1. The molecule has 70 heavy (non-hydrogen) atoms. The summed E-state index contributed by atoms with van der Waals surface area (Å²) in [5, 5.41) is 44.3. The zero-order valence-electron chi connectivity index (χ0n) is 39.8. The Bertz CT molecular complexity index is 2950. The van der Waals surface area contributed by atoms with Crippen LogP contribution in [0.15, 0.2) is 107 Å². The van der Waals surface area contributed by atoms with Crippen LogP contribution in [-0.2, 0) is 48.1 Å². The number of aliphatic hydroxyl groups excluding tert-OH is 4. The molecule has 6 aliphatic heterocycles. The first kappa shape index (κ1) is 48.7. The number of amides is 1. The summed E-state index contributed by atoms with van der Waals surface area (Å²) in [6, 6.07) is 24.2. The van der Waals surface area contributed by atoms with Crippen molar-refractivity contribution in [3.05, 3.63) is 140 Å². The van der Waals surface area contributed by atoms with Crippen LogP contribution in [-0.4, -0.2) is 119 Å². The van der Waals surface area contributed by atoms with E-state index in [9.17, 15) is 38.2 Å². The maximum absolute atomic E-state index is 13.3. The quantitative estimate of drug-likeness (QED) is 0.0510. The van der Waals surface area contributed by atoms with Gasteiger partial charge in [0.1, 0.15) is 36.3 Å². The minimum atomic E-state index is -4.36. The predicted octanol–water partition coefficient (Wildman–Crippen LogP) is 6.14. The molecule has 1 fully saturated rings. The van der Waals surface area contributed by atoms with Crippen LogP contribution in [0.4, 0.5) is 11.4 Å². The first-order valence-corrected chi connectivity index (χ1v) is 26.0. The Kier molecular flexibility index (Phi) is 12.9. The van der Waals surface area contributed by atoms with Crippen LogP contribution >= 0.6 is 11.6 Å². The van der Waals surface area contributed by atoms with Gasteiger partial charge in [-0.1, -0.05) is 61.8 Å². The van der Waals surface area contributed by atoms with E-state index >= 15 is 0 Å². The van der Waals surface area contributed by atoms with E-state index in [2.05, 4.69) is 66.8 Å². The number of carbonyl (C=O) groups excluding carboxylic acids is 1. The number of nitrogens with one attached hydrogen (secondary N) is 1. The molecule has 4 aromatic rings. The van der Waals surface area contributed by atoms with E-state index in [-0.39, 0.29) is 34.8 Å². The molecule has 4 aromatic carbocycles. The lowest BCUT2D eigenvalue weighted by molar-refractivity contribution is -0.445. The van der Waals surface area contributed by atoms with Gasteiger partial charge in [-0.2, -0.15) is 13.0 Å². The summed E-state index contributed by atoms with van der Waals surface area (Å²) < 4.78 is 55.2. The van der Waals surface area contributed by atoms with Gasteiger partial charge in [-0.25, -0.2) is 0 Å². The number of ether oxygens (including phenoxy) is 3. The lowest BCUT2D eigenvalue weighted by Crippen LogP contribution is -2.55. The van der Waals surface area contributed by atoms with Crippen molar-refractivity contribution in [3.8, 4) is 5.75 Å². The smallest absolute Gasteiger partial charge is 0.294 e. The Labute approximate surface area is 413 Å². The van der Waals surface area contributed by atoms with Crippen molar-refractivity contribution >= 4 is 44.7 Å². The van der Waals surface area contributed by atoms with Gasteiger partial charge in [0.15, 0.2) is 12.3 Å². The van der Waals surface area contributed by atoms with E-state index < -0.39 is 52.7 Å². The molecule has 16 heteroatoms. The van der Waals surface area contributed by atoms with Gasteiger partial charge in [-0.05, 0) is 110 Å². The Hall–Kier alpha value is -4.94. The van der Waals surface area contributed by atoms with Crippen LogP contribution in [0.1, 0.15) is 92.9 Å². The second-order valence-corrected chi connectivity index (χ2v) is 22.3. The standard InChI is InChI=1S/C54H60ClN3O11S/c1-53(2)38-24-31(9-15-41(38)57-20-17-43-36(51(53)57)28-37-44(68-43)18-21-58-42-16-13-35(70(64,65)66)27-39(42)54(3,4)52(37)58)25-46(60)56-19-5-6-22-67-34-11-7-30(8-12-34)23-33-26-32(10-14-40(33)55)50-49(63)48(62)47(61)45(29-59)69-50/h7-16,24,26-28,43-45,47-50,59,61-63H,5-6,17-23,25,29H2,1-4H3,(H-,56,60,64,65,66)/p+1/t43?,44?,45-,47-,48+,49-,50+/m1/s1. The number of allylic oxidation sites excluding steroid dienone is 1. The second-order valence-electron chi connectivity index (χ2n) is 20.5. The number of nitrogens with zero attached hydrogens (tertiary/aromatic N) is 2. The molecule has 10 rings (SSSR count). The molecule has 1 saturated heterocycles. The predicted molar refractivity (Wildman–Crippen MR) is 264 cm³/mol. The minimum absolute atomic E-state index is 0.0369. The highest BCUT2D eigenvalue weighted by Gasteiger charge is 2.55. The number of aliphatic hydroxyl groups is 4. The van der Waals surface area contributed by atoms with Crippen molar-refractivity contribution in [2.24, 2.45) is 0 Å². The van der Waals surface area contributed by atoms with Crippen molar-refractivity contribution < 1.29 is 57.0 Å². The summed E-state index contributed by atoms with van der Waals surface area (Å²) in [6.45, 7) is 10.8. The average molecular weight is 996 g/mol. The number of carbonyl (C=O) groups is 1. The van der Waals surface area contributed by atoms with Crippen LogP contribution < -0.4 is 15.0 Å². The summed E-state index contributed by atoms with van der Waals surface area (Å²) in [4.78, 5) is 15.6. The number of rotatable bonds is 13. The molecule has 0 bridgehead atoms. The Morgan fingerprint density at radius 3 is 2.40 bits per heavy atom. The third-order valence-corrected chi connectivity index (χ3v) is 16.4. The van der Waals surface area contributed by atoms with E-state index in [0.29, 0.717) is 30.2 Å². The molecule has 0 spiro atoms. The van der Waals surface area contributed by atoms with Crippen molar-refractivity contribution in [3.63, 3.8) is 0 Å². The molecular weight excluding hydrogens is 934 g/mol. The summed E-state index contributed by atoms with van der Waals surface area (Å²) in [7, 11) is -4.36. The van der Waals surface area contributed by atoms with Gasteiger partial charge >= 0.3 is 0 Å². The van der Waals surface area contributed by atoms with Gasteiger partial charge < -0.3 is 44.9 Å². The fraction of sp³-hybridized carbons (Fsp3) is 0.444. The highest BCUT2D eigenvalue weighted by molar-refractivity contribution is 7.85. The number of benzene rings is 4. The molecule has 6 heterocycles. The molecule has 2 unspecified atom stereocenters. The molecular formula is C54H61ClN3O11S+. The van der Waals surface area contributed by atoms with E-state index in [4.69, 9.17) is 25.8 Å². The van der Waals surface area contributed by atoms with Gasteiger partial charge in [-0.15, -0.1) is 0 Å². The molecule has 7 atom stereocenters. The highest BCUT2D eigenvalue weighted by atomic mass is 35.5. The third kappa shape index (κ3) is 8.70. The van der Waals surface area contributed by atoms with Gasteiger partial charge in [-0.3, -0.25) is 9.35 Å². The fourth-order valence-corrected chi connectivity index (χ4v) is 12.4. The van der Waals surface area contributed by atoms with Gasteiger partial charge in [0.2, 0.25) is 11.6 Å². The number of fused-ring (bicyclic) bond motifs is 8. The van der Waals surface area contributed by atoms with E-state index in [1.165, 1.54) is 22.9 Å². The van der Waals surface area contributed by atoms with Crippen molar-refractivity contribution in [1.29, 1.82) is 0 Å². The van der Waals surface area contributed by atoms with Gasteiger partial charge in [0, 0.05) is 64.1 Å². The number of hydrogen-bond donors (Lipinski definition) is 6. The number of anilines is 1.